The van der Waals surface area contributed by atoms with E-state index in [2.05, 4.69) is 11.4 Å². The Morgan fingerprint density at radius 2 is 2.27 bits per heavy atom. The second-order valence-electron chi connectivity index (χ2n) is 5.22. The summed E-state index contributed by atoms with van der Waals surface area (Å²) >= 11 is 3.52. The smallest absolute Gasteiger partial charge is 0.321 e. The molecule has 1 atom stereocenters. The second kappa shape index (κ2) is 8.96. The number of urea groups is 1. The number of benzene rings is 1. The molecule has 1 aliphatic heterocycles. The van der Waals surface area contributed by atoms with Crippen molar-refractivity contribution in [2.24, 2.45) is 5.92 Å². The molecule has 1 saturated heterocycles. The number of para-hydroxylation sites is 1. The molecule has 1 aromatic carbocycles. The van der Waals surface area contributed by atoms with Crippen LogP contribution in [-0.4, -0.2) is 41.3 Å². The van der Waals surface area contributed by atoms with E-state index in [0.717, 1.165) is 47.4 Å². The Kier molecular flexibility index (Phi) is 6.94. The van der Waals surface area contributed by atoms with Gasteiger partial charge in [0.25, 0.3) is 0 Å². The summed E-state index contributed by atoms with van der Waals surface area (Å²) in [6, 6.07) is 10.00. The molecular formula is C16H21N3OS2. The summed E-state index contributed by atoms with van der Waals surface area (Å²) in [5, 5.41) is 11.9. The Hall–Kier alpha value is -1.32. The lowest BCUT2D eigenvalue weighted by molar-refractivity contribution is 0.215. The summed E-state index contributed by atoms with van der Waals surface area (Å²) < 4.78 is 0. The molecule has 0 aliphatic carbocycles. The van der Waals surface area contributed by atoms with Crippen LogP contribution in [-0.2, 0) is 0 Å². The quantitative estimate of drug-likeness (QED) is 0.848. The van der Waals surface area contributed by atoms with Gasteiger partial charge in [-0.05, 0) is 31.2 Å². The van der Waals surface area contributed by atoms with Crippen molar-refractivity contribution in [1.29, 1.82) is 5.26 Å². The molecule has 2 rings (SSSR count). The maximum atomic E-state index is 12.4. The molecule has 0 aromatic heterocycles. The maximum Gasteiger partial charge on any atom is 0.321 e. The number of hydrogen-bond donors (Lipinski definition) is 1. The lowest BCUT2D eigenvalue weighted by Crippen LogP contribution is -2.36. The van der Waals surface area contributed by atoms with Crippen LogP contribution < -0.4 is 5.32 Å². The van der Waals surface area contributed by atoms with E-state index >= 15 is 0 Å². The molecule has 1 N–H and O–H groups in total. The third-order valence-corrected chi connectivity index (χ3v) is 5.73. The normalized spacial score (nSPS) is 16.5. The number of nitrogens with zero attached hydrogens (tertiary/aromatic N) is 2. The minimum absolute atomic E-state index is 0.00334. The van der Waals surface area contributed by atoms with Gasteiger partial charge in [0.2, 0.25) is 0 Å². The topological polar surface area (TPSA) is 56.1 Å². The number of hydrogen-bond acceptors (Lipinski definition) is 4. The van der Waals surface area contributed by atoms with E-state index in [4.69, 9.17) is 5.26 Å². The molecular weight excluding hydrogens is 314 g/mol. The van der Waals surface area contributed by atoms with E-state index in [0.29, 0.717) is 0 Å². The van der Waals surface area contributed by atoms with Crippen LogP contribution >= 0.6 is 23.5 Å². The van der Waals surface area contributed by atoms with Gasteiger partial charge in [0.1, 0.15) is 0 Å². The molecule has 22 heavy (non-hydrogen) atoms. The van der Waals surface area contributed by atoms with Gasteiger partial charge in [-0.2, -0.15) is 17.0 Å². The number of carbonyl (C=O) groups excluding carboxylic acids is 1. The molecule has 1 fully saturated rings. The van der Waals surface area contributed by atoms with Crippen LogP contribution in [0.5, 0.6) is 0 Å². The van der Waals surface area contributed by atoms with Crippen molar-refractivity contribution in [3.8, 4) is 6.07 Å². The third kappa shape index (κ3) is 5.15. The number of anilines is 1. The molecule has 1 aromatic rings. The van der Waals surface area contributed by atoms with Crippen molar-refractivity contribution in [2.75, 3.05) is 35.7 Å². The van der Waals surface area contributed by atoms with E-state index in [-0.39, 0.29) is 11.9 Å². The molecule has 118 valence electrons. The van der Waals surface area contributed by atoms with Crippen LogP contribution in [0.15, 0.2) is 29.2 Å². The largest absolute Gasteiger partial charge is 0.324 e. The maximum absolute atomic E-state index is 12.4. The Labute approximate surface area is 140 Å². The number of rotatable bonds is 4. The van der Waals surface area contributed by atoms with Gasteiger partial charge in [-0.1, -0.05) is 12.1 Å². The molecule has 0 saturated carbocycles. The third-order valence-electron chi connectivity index (χ3n) is 3.35. The first-order chi connectivity index (χ1) is 10.7. The Balaban J connectivity index is 1.99. The van der Waals surface area contributed by atoms with Crippen LogP contribution in [0.25, 0.3) is 0 Å². The Morgan fingerprint density at radius 1 is 1.45 bits per heavy atom. The summed E-state index contributed by atoms with van der Waals surface area (Å²) in [6.07, 6.45) is 1.05. The fourth-order valence-corrected chi connectivity index (χ4v) is 3.93. The van der Waals surface area contributed by atoms with Crippen molar-refractivity contribution in [2.45, 2.75) is 18.2 Å². The molecule has 6 heteroatoms. The SMILES string of the molecule is C[C@@H](C#N)CSc1ccccc1NC(=O)N1CCCSCC1. The van der Waals surface area contributed by atoms with E-state index in [1.54, 1.807) is 11.8 Å². The zero-order chi connectivity index (χ0) is 15.8. The van der Waals surface area contributed by atoms with Gasteiger partial charge in [-0.15, -0.1) is 11.8 Å². The molecule has 2 amide bonds. The van der Waals surface area contributed by atoms with Crippen LogP contribution in [0.2, 0.25) is 0 Å². The van der Waals surface area contributed by atoms with Crippen LogP contribution in [0.1, 0.15) is 13.3 Å². The van der Waals surface area contributed by atoms with Crippen LogP contribution in [0.3, 0.4) is 0 Å². The molecule has 0 bridgehead atoms. The molecule has 0 radical (unpaired) electrons. The number of amides is 2. The molecule has 4 nitrogen and oxygen atoms in total. The monoisotopic (exact) mass is 335 g/mol. The first-order valence-corrected chi connectivity index (χ1v) is 9.60. The highest BCUT2D eigenvalue weighted by Gasteiger charge is 2.17. The number of nitrogens with one attached hydrogen (secondary N) is 1. The van der Waals surface area contributed by atoms with Gasteiger partial charge in [-0.3, -0.25) is 0 Å². The number of thioether (sulfide) groups is 2. The highest BCUT2D eigenvalue weighted by Crippen LogP contribution is 2.28. The van der Waals surface area contributed by atoms with Crippen LogP contribution in [0, 0.1) is 17.2 Å². The van der Waals surface area contributed by atoms with Crippen LogP contribution in [0.4, 0.5) is 10.5 Å². The lowest BCUT2D eigenvalue weighted by Gasteiger charge is -2.21. The van der Waals surface area contributed by atoms with Crippen molar-refractivity contribution >= 4 is 35.2 Å². The summed E-state index contributed by atoms with van der Waals surface area (Å²) in [5.41, 5.74) is 0.833. The molecule has 0 unspecified atom stereocenters. The average molecular weight is 335 g/mol. The highest BCUT2D eigenvalue weighted by atomic mass is 32.2. The molecule has 1 heterocycles. The number of nitriles is 1. The van der Waals surface area contributed by atoms with E-state index in [1.807, 2.05) is 47.9 Å². The summed E-state index contributed by atoms with van der Waals surface area (Å²) in [4.78, 5) is 15.3. The van der Waals surface area contributed by atoms with Gasteiger partial charge in [0, 0.05) is 29.5 Å². The van der Waals surface area contributed by atoms with Crippen molar-refractivity contribution in [1.82, 2.24) is 4.90 Å². The Morgan fingerprint density at radius 3 is 3.09 bits per heavy atom. The fraction of sp³-hybridized carbons (Fsp3) is 0.500. The van der Waals surface area contributed by atoms with Gasteiger partial charge >= 0.3 is 6.03 Å². The minimum Gasteiger partial charge on any atom is -0.324 e. The zero-order valence-corrected chi connectivity index (χ0v) is 14.4. The molecule has 0 spiro atoms. The summed E-state index contributed by atoms with van der Waals surface area (Å²) in [6.45, 7) is 3.53. The van der Waals surface area contributed by atoms with E-state index in [9.17, 15) is 4.79 Å². The van der Waals surface area contributed by atoms with Gasteiger partial charge in [0.15, 0.2) is 0 Å². The average Bonchev–Trinajstić information content (AvgIpc) is 2.83. The molecule has 1 aliphatic rings. The van der Waals surface area contributed by atoms with E-state index in [1.165, 1.54) is 0 Å². The summed E-state index contributed by atoms with van der Waals surface area (Å²) in [5.74, 6) is 2.85. The van der Waals surface area contributed by atoms with Gasteiger partial charge in [-0.25, -0.2) is 4.79 Å². The number of carbonyl (C=O) groups is 1. The van der Waals surface area contributed by atoms with Crippen molar-refractivity contribution in [3.63, 3.8) is 0 Å². The van der Waals surface area contributed by atoms with Gasteiger partial charge < -0.3 is 10.2 Å². The summed E-state index contributed by atoms with van der Waals surface area (Å²) in [7, 11) is 0. The van der Waals surface area contributed by atoms with Crippen molar-refractivity contribution in [3.05, 3.63) is 24.3 Å². The fourth-order valence-electron chi connectivity index (χ4n) is 2.09. The predicted molar refractivity (Wildman–Crippen MR) is 94.5 cm³/mol. The first kappa shape index (κ1) is 17.0. The zero-order valence-electron chi connectivity index (χ0n) is 12.7. The lowest BCUT2D eigenvalue weighted by atomic mass is 10.3. The highest BCUT2D eigenvalue weighted by molar-refractivity contribution is 7.99. The predicted octanol–water partition coefficient (Wildman–Crippen LogP) is 3.91. The van der Waals surface area contributed by atoms with Gasteiger partial charge in [0.05, 0.1) is 17.7 Å². The van der Waals surface area contributed by atoms with E-state index < -0.39 is 0 Å². The second-order valence-corrected chi connectivity index (χ2v) is 7.51. The van der Waals surface area contributed by atoms with Crippen molar-refractivity contribution < 1.29 is 4.79 Å². The minimum atomic E-state index is -0.0242. The first-order valence-electron chi connectivity index (χ1n) is 7.46. The standard InChI is InChI=1S/C16H21N3OS2/c1-13(11-17)12-22-15-6-3-2-5-14(15)18-16(20)19-7-4-9-21-10-8-19/h2-3,5-6,13H,4,7-10,12H2,1H3,(H,18,20)/t13-/m0/s1. The Bertz CT molecular complexity index is 536.